The quantitative estimate of drug-likeness (QED) is 0.897. The number of nitrogens with zero attached hydrogens (tertiary/aromatic N) is 3. The molecule has 9 heteroatoms. The van der Waals surface area contributed by atoms with E-state index in [0.717, 1.165) is 26.4 Å². The van der Waals surface area contributed by atoms with Gasteiger partial charge in [0.05, 0.1) is 6.04 Å². The van der Waals surface area contributed by atoms with E-state index in [1.54, 1.807) is 0 Å². The summed E-state index contributed by atoms with van der Waals surface area (Å²) < 4.78 is 41.4. The van der Waals surface area contributed by atoms with Gasteiger partial charge in [-0.2, -0.15) is 18.2 Å². The Morgan fingerprint density at radius 2 is 2.32 bits per heavy atom. The molecule has 2 heterocycles. The van der Waals surface area contributed by atoms with E-state index >= 15 is 0 Å². The highest BCUT2D eigenvalue weighted by atomic mass is 19.4. The molecule has 1 aliphatic heterocycles. The second kappa shape index (κ2) is 5.16. The molecule has 1 N–H and O–H groups in total. The van der Waals surface area contributed by atoms with Crippen LogP contribution in [0.1, 0.15) is 35.4 Å². The van der Waals surface area contributed by atoms with Crippen LogP contribution in [-0.2, 0) is 0 Å². The number of nitrogens with one attached hydrogen (secondary N) is 1. The highest BCUT2D eigenvalue weighted by Gasteiger charge is 2.33. The molecule has 0 aromatic carbocycles. The van der Waals surface area contributed by atoms with Gasteiger partial charge in [-0.15, -0.1) is 0 Å². The first kappa shape index (κ1) is 13.8. The summed E-state index contributed by atoms with van der Waals surface area (Å²) >= 11 is 0. The molecule has 19 heavy (non-hydrogen) atoms. The molecule has 2 rings (SSSR count). The smallest absolute Gasteiger partial charge is 0.337 e. The minimum absolute atomic E-state index is 0.123. The molecular weight excluding hydrogens is 265 g/mol. The van der Waals surface area contributed by atoms with Crippen molar-refractivity contribution < 1.29 is 22.5 Å². The molecule has 1 atom stereocenters. The summed E-state index contributed by atoms with van der Waals surface area (Å²) in [4.78, 5) is 16.0. The maximum absolute atomic E-state index is 12.2. The van der Waals surface area contributed by atoms with Crippen LogP contribution in [0, 0.1) is 0 Å². The normalized spacial score (nSPS) is 19.7. The van der Waals surface area contributed by atoms with Gasteiger partial charge in [-0.05, 0) is 19.4 Å². The fourth-order valence-electron chi connectivity index (χ4n) is 1.87. The van der Waals surface area contributed by atoms with Crippen LogP contribution < -0.4 is 5.32 Å². The van der Waals surface area contributed by atoms with Gasteiger partial charge in [0, 0.05) is 7.05 Å². The molecule has 1 aromatic rings. The monoisotopic (exact) mass is 278 g/mol. The van der Waals surface area contributed by atoms with Crippen molar-refractivity contribution >= 4 is 5.91 Å². The minimum atomic E-state index is -4.45. The number of aromatic nitrogens is 2. The van der Waals surface area contributed by atoms with Crippen molar-refractivity contribution in [3.63, 3.8) is 0 Å². The van der Waals surface area contributed by atoms with Crippen molar-refractivity contribution in [2.75, 3.05) is 20.1 Å². The molecule has 106 valence electrons. The number of rotatable bonds is 3. The van der Waals surface area contributed by atoms with Gasteiger partial charge in [-0.25, -0.2) is 0 Å². The predicted octanol–water partition coefficient (Wildman–Crippen LogP) is 1.13. The van der Waals surface area contributed by atoms with Gasteiger partial charge in [0.2, 0.25) is 5.89 Å². The molecule has 1 aromatic heterocycles. The maximum Gasteiger partial charge on any atom is 0.406 e. The highest BCUT2D eigenvalue weighted by molar-refractivity contribution is 5.90. The molecule has 0 spiro atoms. The van der Waals surface area contributed by atoms with Crippen LogP contribution in [-0.4, -0.2) is 47.3 Å². The Labute approximate surface area is 106 Å². The first-order chi connectivity index (χ1) is 8.87. The molecular formula is C10H13F3N4O2. The number of amides is 1. The Morgan fingerprint density at radius 3 is 2.89 bits per heavy atom. The van der Waals surface area contributed by atoms with Gasteiger partial charge >= 0.3 is 6.18 Å². The lowest BCUT2D eigenvalue weighted by molar-refractivity contribution is -0.138. The lowest BCUT2D eigenvalue weighted by Gasteiger charge is -2.16. The Balaban J connectivity index is 2.03. The van der Waals surface area contributed by atoms with Crippen LogP contribution in [0.25, 0.3) is 0 Å². The van der Waals surface area contributed by atoms with Crippen molar-refractivity contribution in [1.82, 2.24) is 20.4 Å². The molecule has 0 bridgehead atoms. The van der Waals surface area contributed by atoms with Crippen molar-refractivity contribution in [3.05, 3.63) is 11.7 Å². The van der Waals surface area contributed by atoms with Crippen LogP contribution in [0.15, 0.2) is 4.52 Å². The molecule has 0 radical (unpaired) electrons. The van der Waals surface area contributed by atoms with Crippen molar-refractivity contribution in [2.24, 2.45) is 0 Å². The number of hydrogen-bond acceptors (Lipinski definition) is 5. The fraction of sp³-hybridized carbons (Fsp3) is 0.700. The molecule has 6 nitrogen and oxygen atoms in total. The first-order valence-corrected chi connectivity index (χ1v) is 5.76. The Bertz CT molecular complexity index is 454. The van der Waals surface area contributed by atoms with E-state index in [1.807, 2.05) is 0 Å². The highest BCUT2D eigenvalue weighted by Crippen LogP contribution is 2.21. The van der Waals surface area contributed by atoms with Crippen LogP contribution in [0.4, 0.5) is 13.2 Å². The van der Waals surface area contributed by atoms with E-state index in [-0.39, 0.29) is 17.8 Å². The summed E-state index contributed by atoms with van der Waals surface area (Å²) in [7, 11) is 1.04. The number of carbonyl (C=O) groups excluding carboxylic acids is 1. The third-order valence-electron chi connectivity index (χ3n) is 2.75. The fourth-order valence-corrected chi connectivity index (χ4v) is 1.87. The Morgan fingerprint density at radius 1 is 1.58 bits per heavy atom. The van der Waals surface area contributed by atoms with Crippen molar-refractivity contribution in [3.8, 4) is 0 Å². The SMILES string of the molecule is CN(CC(F)(F)F)C(=O)c1noc(C2CCCN2)n1. The first-order valence-electron chi connectivity index (χ1n) is 5.76. The van der Waals surface area contributed by atoms with Crippen LogP contribution >= 0.6 is 0 Å². The molecule has 1 fully saturated rings. The number of halogens is 3. The average Bonchev–Trinajstić information content (AvgIpc) is 2.96. The molecule has 1 saturated heterocycles. The second-order valence-electron chi connectivity index (χ2n) is 4.38. The van der Waals surface area contributed by atoms with Crippen molar-refractivity contribution in [1.29, 1.82) is 0 Å². The third-order valence-corrected chi connectivity index (χ3v) is 2.75. The largest absolute Gasteiger partial charge is 0.406 e. The zero-order valence-electron chi connectivity index (χ0n) is 10.2. The summed E-state index contributed by atoms with van der Waals surface area (Å²) in [6, 6.07) is -0.123. The predicted molar refractivity (Wildman–Crippen MR) is 57.3 cm³/mol. The van der Waals surface area contributed by atoms with Gasteiger partial charge in [-0.1, -0.05) is 5.16 Å². The minimum Gasteiger partial charge on any atom is -0.337 e. The number of hydrogen-bond donors (Lipinski definition) is 1. The second-order valence-corrected chi connectivity index (χ2v) is 4.38. The summed E-state index contributed by atoms with van der Waals surface area (Å²) in [6.07, 6.45) is -2.71. The van der Waals surface area contributed by atoms with Crippen molar-refractivity contribution in [2.45, 2.75) is 25.1 Å². The molecule has 1 aliphatic rings. The van der Waals surface area contributed by atoms with E-state index in [0.29, 0.717) is 4.90 Å². The molecule has 1 unspecified atom stereocenters. The lowest BCUT2D eigenvalue weighted by Crippen LogP contribution is -2.36. The standard InChI is InChI=1S/C10H13F3N4O2/c1-17(5-10(11,12)13)9(18)7-15-8(19-16-7)6-3-2-4-14-6/h6,14H,2-5H2,1H3. The van der Waals surface area contributed by atoms with Gasteiger partial charge in [-0.3, -0.25) is 4.79 Å². The average molecular weight is 278 g/mol. The number of alkyl halides is 3. The summed E-state index contributed by atoms with van der Waals surface area (Å²) in [5, 5.41) is 6.52. The maximum atomic E-state index is 12.2. The van der Waals surface area contributed by atoms with Crippen LogP contribution in [0.5, 0.6) is 0 Å². The molecule has 1 amide bonds. The van der Waals surface area contributed by atoms with E-state index in [4.69, 9.17) is 4.52 Å². The van der Waals surface area contributed by atoms with E-state index in [9.17, 15) is 18.0 Å². The van der Waals surface area contributed by atoms with Gasteiger partial charge in [0.1, 0.15) is 6.54 Å². The van der Waals surface area contributed by atoms with E-state index in [2.05, 4.69) is 15.5 Å². The lowest BCUT2D eigenvalue weighted by atomic mass is 10.2. The summed E-state index contributed by atoms with van der Waals surface area (Å²) in [5.74, 6) is -1.03. The topological polar surface area (TPSA) is 71.3 Å². The number of carbonyl (C=O) groups is 1. The van der Waals surface area contributed by atoms with E-state index < -0.39 is 18.6 Å². The zero-order valence-corrected chi connectivity index (χ0v) is 10.2. The molecule has 0 aliphatic carbocycles. The zero-order chi connectivity index (χ0) is 14.0. The van der Waals surface area contributed by atoms with Gasteiger partial charge < -0.3 is 14.7 Å². The van der Waals surface area contributed by atoms with Gasteiger partial charge in [0.15, 0.2) is 0 Å². The Kier molecular flexibility index (Phi) is 3.74. The van der Waals surface area contributed by atoms with Crippen LogP contribution in [0.2, 0.25) is 0 Å². The third kappa shape index (κ3) is 3.43. The summed E-state index contributed by atoms with van der Waals surface area (Å²) in [6.45, 7) is -0.540. The summed E-state index contributed by atoms with van der Waals surface area (Å²) in [5.41, 5.74) is 0. The Hall–Kier alpha value is -1.64. The van der Waals surface area contributed by atoms with E-state index in [1.165, 1.54) is 0 Å². The van der Waals surface area contributed by atoms with Crippen LogP contribution in [0.3, 0.4) is 0 Å². The van der Waals surface area contributed by atoms with Gasteiger partial charge in [0.25, 0.3) is 11.7 Å². The molecule has 0 saturated carbocycles.